The second-order valence-corrected chi connectivity index (χ2v) is 5.82. The van der Waals surface area contributed by atoms with E-state index >= 15 is 0 Å². The summed E-state index contributed by atoms with van der Waals surface area (Å²) in [6.45, 7) is 0.576. The first-order valence-corrected chi connectivity index (χ1v) is 8.20. The van der Waals surface area contributed by atoms with Gasteiger partial charge in [0.05, 0.1) is 20.1 Å². The fraction of sp³-hybridized carbons (Fsp3) is 0.211. The van der Waals surface area contributed by atoms with Crippen LogP contribution in [0.5, 0.6) is 11.5 Å². The molecule has 24 heavy (non-hydrogen) atoms. The lowest BCUT2D eigenvalue weighted by molar-refractivity contribution is -0.120. The van der Waals surface area contributed by atoms with Gasteiger partial charge in [-0.3, -0.25) is 4.79 Å². The van der Waals surface area contributed by atoms with Gasteiger partial charge in [-0.1, -0.05) is 46.0 Å². The topological polar surface area (TPSA) is 47.6 Å². The molecule has 1 amide bonds. The average molecular weight is 388 g/mol. The molecule has 0 saturated carbocycles. The Balaban J connectivity index is 1.69. The molecule has 0 saturated heterocycles. The average Bonchev–Trinajstić information content (AvgIpc) is 2.58. The van der Waals surface area contributed by atoms with Crippen molar-refractivity contribution in [3.8, 4) is 23.3 Å². The molecule has 0 heterocycles. The summed E-state index contributed by atoms with van der Waals surface area (Å²) in [6.07, 6.45) is 0.299. The third-order valence-corrected chi connectivity index (χ3v) is 3.60. The van der Waals surface area contributed by atoms with Gasteiger partial charge in [0.15, 0.2) is 0 Å². The molecule has 2 aromatic carbocycles. The van der Waals surface area contributed by atoms with Crippen molar-refractivity contribution in [3.05, 3.63) is 58.6 Å². The maximum atomic E-state index is 11.8. The van der Waals surface area contributed by atoms with E-state index in [1.165, 1.54) is 0 Å². The predicted molar refractivity (Wildman–Crippen MR) is 97.1 cm³/mol. The lowest BCUT2D eigenvalue weighted by Gasteiger charge is -2.04. The summed E-state index contributed by atoms with van der Waals surface area (Å²) in [7, 11) is 1.60. The van der Waals surface area contributed by atoms with Crippen LogP contribution in [0.4, 0.5) is 0 Å². The second-order valence-electron chi connectivity index (χ2n) is 4.90. The van der Waals surface area contributed by atoms with Gasteiger partial charge < -0.3 is 14.8 Å². The molecule has 124 valence electrons. The Morgan fingerprint density at radius 3 is 2.71 bits per heavy atom. The van der Waals surface area contributed by atoms with Gasteiger partial charge in [-0.2, -0.15) is 0 Å². The SMILES string of the molecule is COc1cccc(CC(=O)NCC#CCOc2cccc(Br)c2)c1. The number of carbonyl (C=O) groups is 1. The summed E-state index contributed by atoms with van der Waals surface area (Å²) in [5.41, 5.74) is 0.901. The Hall–Kier alpha value is -2.45. The number of hydrogen-bond donors (Lipinski definition) is 1. The third-order valence-electron chi connectivity index (χ3n) is 3.10. The largest absolute Gasteiger partial charge is 0.497 e. The van der Waals surface area contributed by atoms with Gasteiger partial charge >= 0.3 is 0 Å². The highest BCUT2D eigenvalue weighted by atomic mass is 79.9. The van der Waals surface area contributed by atoms with E-state index in [1.54, 1.807) is 7.11 Å². The maximum Gasteiger partial charge on any atom is 0.225 e. The molecule has 0 radical (unpaired) electrons. The van der Waals surface area contributed by atoms with Gasteiger partial charge in [0.1, 0.15) is 18.1 Å². The quantitative estimate of drug-likeness (QED) is 0.774. The second kappa shape index (κ2) is 9.64. The molecule has 0 fully saturated rings. The third kappa shape index (κ3) is 6.35. The molecule has 2 aromatic rings. The van der Waals surface area contributed by atoms with Gasteiger partial charge in [-0.05, 0) is 35.9 Å². The summed E-state index contributed by atoms with van der Waals surface area (Å²) in [6, 6.07) is 15.0. The van der Waals surface area contributed by atoms with E-state index in [2.05, 4.69) is 33.1 Å². The minimum Gasteiger partial charge on any atom is -0.497 e. The maximum absolute atomic E-state index is 11.8. The monoisotopic (exact) mass is 387 g/mol. The van der Waals surface area contributed by atoms with Gasteiger partial charge in [-0.15, -0.1) is 0 Å². The van der Waals surface area contributed by atoms with E-state index in [-0.39, 0.29) is 12.5 Å². The molecule has 0 aliphatic heterocycles. The van der Waals surface area contributed by atoms with Crippen LogP contribution in [0.25, 0.3) is 0 Å². The lowest BCUT2D eigenvalue weighted by atomic mass is 10.1. The van der Waals surface area contributed by atoms with Crippen LogP contribution in [-0.2, 0) is 11.2 Å². The van der Waals surface area contributed by atoms with Crippen LogP contribution >= 0.6 is 15.9 Å². The van der Waals surface area contributed by atoms with Crippen LogP contribution in [-0.4, -0.2) is 26.2 Å². The van der Waals surface area contributed by atoms with E-state index in [4.69, 9.17) is 9.47 Å². The summed E-state index contributed by atoms with van der Waals surface area (Å²) in [4.78, 5) is 11.8. The summed E-state index contributed by atoms with van der Waals surface area (Å²) < 4.78 is 11.6. The first kappa shape index (κ1) is 17.9. The molecule has 0 aromatic heterocycles. The van der Waals surface area contributed by atoms with Crippen LogP contribution in [0, 0.1) is 11.8 Å². The fourth-order valence-electron chi connectivity index (χ4n) is 1.96. The van der Waals surface area contributed by atoms with Crippen molar-refractivity contribution in [2.45, 2.75) is 6.42 Å². The van der Waals surface area contributed by atoms with Crippen molar-refractivity contribution < 1.29 is 14.3 Å². The lowest BCUT2D eigenvalue weighted by Crippen LogP contribution is -2.25. The van der Waals surface area contributed by atoms with Gasteiger partial charge in [0, 0.05) is 4.47 Å². The first-order chi connectivity index (χ1) is 11.7. The normalized spacial score (nSPS) is 9.58. The standard InChI is InChI=1S/C19H18BrNO3/c1-23-17-8-4-6-15(12-17)13-19(22)21-10-2-3-11-24-18-9-5-7-16(20)14-18/h4-9,12,14H,10-11,13H2,1H3,(H,21,22). The van der Waals surface area contributed by atoms with E-state index in [1.807, 2.05) is 48.5 Å². The predicted octanol–water partition coefficient (Wildman–Crippen LogP) is 3.20. The van der Waals surface area contributed by atoms with Crippen molar-refractivity contribution >= 4 is 21.8 Å². The number of benzene rings is 2. The molecule has 0 aliphatic carbocycles. The summed E-state index contributed by atoms with van der Waals surface area (Å²) in [5, 5.41) is 2.76. The molecule has 0 spiro atoms. The fourth-order valence-corrected chi connectivity index (χ4v) is 2.34. The summed E-state index contributed by atoms with van der Waals surface area (Å²) >= 11 is 3.38. The smallest absolute Gasteiger partial charge is 0.225 e. The van der Waals surface area contributed by atoms with Gasteiger partial charge in [0.2, 0.25) is 5.91 Å². The zero-order valence-corrected chi connectivity index (χ0v) is 14.9. The number of methoxy groups -OCH3 is 1. The number of carbonyl (C=O) groups excluding carboxylic acids is 1. The van der Waals surface area contributed by atoms with Crippen LogP contribution in [0.3, 0.4) is 0 Å². The van der Waals surface area contributed by atoms with Crippen molar-refractivity contribution in [2.75, 3.05) is 20.3 Å². The Bertz CT molecular complexity index is 750. The number of ether oxygens (including phenoxy) is 2. The highest BCUT2D eigenvalue weighted by molar-refractivity contribution is 9.10. The Labute approximate surface area is 150 Å². The highest BCUT2D eigenvalue weighted by Gasteiger charge is 2.03. The number of halogens is 1. The van der Waals surface area contributed by atoms with Gasteiger partial charge in [-0.25, -0.2) is 0 Å². The van der Waals surface area contributed by atoms with E-state index in [0.29, 0.717) is 13.0 Å². The molecule has 0 unspecified atom stereocenters. The molecule has 5 heteroatoms. The van der Waals surface area contributed by atoms with Crippen molar-refractivity contribution in [2.24, 2.45) is 0 Å². The van der Waals surface area contributed by atoms with Crippen LogP contribution in [0.1, 0.15) is 5.56 Å². The zero-order valence-electron chi connectivity index (χ0n) is 13.3. The molecule has 4 nitrogen and oxygen atoms in total. The Morgan fingerprint density at radius 2 is 1.92 bits per heavy atom. The zero-order chi connectivity index (χ0) is 17.2. The first-order valence-electron chi connectivity index (χ1n) is 7.41. The minimum absolute atomic E-state index is 0.0783. The number of amides is 1. The van der Waals surface area contributed by atoms with Crippen LogP contribution < -0.4 is 14.8 Å². The minimum atomic E-state index is -0.0783. The Kier molecular flexibility index (Phi) is 7.19. The number of nitrogens with one attached hydrogen (secondary N) is 1. The van der Waals surface area contributed by atoms with Gasteiger partial charge in [0.25, 0.3) is 0 Å². The Morgan fingerprint density at radius 1 is 1.12 bits per heavy atom. The molecular formula is C19H18BrNO3. The van der Waals surface area contributed by atoms with Crippen molar-refractivity contribution in [3.63, 3.8) is 0 Å². The molecule has 0 atom stereocenters. The molecule has 0 bridgehead atoms. The summed E-state index contributed by atoms with van der Waals surface area (Å²) in [5.74, 6) is 7.15. The number of rotatable bonds is 6. The molecule has 1 N–H and O–H groups in total. The van der Waals surface area contributed by atoms with Crippen LogP contribution in [0.15, 0.2) is 53.0 Å². The molecule has 0 aliphatic rings. The van der Waals surface area contributed by atoms with E-state index in [0.717, 1.165) is 21.5 Å². The van der Waals surface area contributed by atoms with E-state index in [9.17, 15) is 4.79 Å². The van der Waals surface area contributed by atoms with Crippen molar-refractivity contribution in [1.29, 1.82) is 0 Å². The highest BCUT2D eigenvalue weighted by Crippen LogP contribution is 2.17. The molecular weight excluding hydrogens is 370 g/mol. The van der Waals surface area contributed by atoms with Crippen molar-refractivity contribution in [1.82, 2.24) is 5.32 Å². The molecule has 2 rings (SSSR count). The van der Waals surface area contributed by atoms with E-state index < -0.39 is 0 Å². The number of hydrogen-bond acceptors (Lipinski definition) is 3. The van der Waals surface area contributed by atoms with Crippen LogP contribution in [0.2, 0.25) is 0 Å².